The molecule has 0 spiro atoms. The van der Waals surface area contributed by atoms with E-state index in [4.69, 9.17) is 16.2 Å². The quantitative estimate of drug-likeness (QED) is 0.516. The van der Waals surface area contributed by atoms with Gasteiger partial charge in [-0.05, 0) is 11.6 Å². The molecule has 1 rings (SSSR count). The van der Waals surface area contributed by atoms with Gasteiger partial charge >= 0.3 is 0 Å². The van der Waals surface area contributed by atoms with Gasteiger partial charge in [0.2, 0.25) is 0 Å². The number of ether oxygens (including phenoxy) is 1. The van der Waals surface area contributed by atoms with Crippen molar-refractivity contribution in [3.05, 3.63) is 36.6 Å². The van der Waals surface area contributed by atoms with Crippen molar-refractivity contribution in [2.24, 2.45) is 5.73 Å². The Morgan fingerprint density at radius 1 is 1.53 bits per heavy atom. The van der Waals surface area contributed by atoms with Crippen molar-refractivity contribution < 1.29 is 9.84 Å². The van der Waals surface area contributed by atoms with Crippen LogP contribution in [0.25, 0.3) is 5.57 Å². The number of allylic oxidation sites excluding steroid dienone is 2. The Morgan fingerprint density at radius 3 is 2.67 bits per heavy atom. The van der Waals surface area contributed by atoms with Crippen LogP contribution in [-0.2, 0) is 0 Å². The van der Waals surface area contributed by atoms with Gasteiger partial charge < -0.3 is 21.3 Å². The number of anilines is 1. The molecule has 1 aromatic rings. The molecule has 0 aliphatic rings. The van der Waals surface area contributed by atoms with Crippen LogP contribution in [0.15, 0.2) is 31.0 Å². The lowest BCUT2D eigenvalue weighted by molar-refractivity contribution is 0.373. The van der Waals surface area contributed by atoms with Crippen LogP contribution in [-0.4, -0.2) is 12.2 Å². The molecule has 0 bridgehead atoms. The topological polar surface area (TPSA) is 81.5 Å². The van der Waals surface area contributed by atoms with E-state index < -0.39 is 0 Å². The third-order valence-electron chi connectivity index (χ3n) is 2.06. The smallest absolute Gasteiger partial charge is 0.161 e. The van der Waals surface area contributed by atoms with E-state index in [1.54, 1.807) is 12.1 Å². The zero-order valence-electron chi connectivity index (χ0n) is 8.53. The molecule has 80 valence electrons. The maximum atomic E-state index is 9.46. The SMILES string of the molecule is C=C/C(=C/N)c1cc(OC)c(O)cc1N. The molecular formula is C11H14N2O2. The van der Waals surface area contributed by atoms with E-state index in [1.807, 2.05) is 0 Å². The highest BCUT2D eigenvalue weighted by Gasteiger charge is 2.09. The normalized spacial score (nSPS) is 11.1. The van der Waals surface area contributed by atoms with Gasteiger partial charge in [-0.1, -0.05) is 12.7 Å². The molecule has 5 N–H and O–H groups in total. The second kappa shape index (κ2) is 4.41. The van der Waals surface area contributed by atoms with Crippen LogP contribution in [0.2, 0.25) is 0 Å². The Hall–Kier alpha value is -2.10. The van der Waals surface area contributed by atoms with E-state index in [-0.39, 0.29) is 5.75 Å². The summed E-state index contributed by atoms with van der Waals surface area (Å²) < 4.78 is 4.97. The van der Waals surface area contributed by atoms with Gasteiger partial charge in [-0.15, -0.1) is 0 Å². The highest BCUT2D eigenvalue weighted by atomic mass is 16.5. The molecule has 0 aliphatic carbocycles. The van der Waals surface area contributed by atoms with Crippen molar-refractivity contribution in [2.45, 2.75) is 0 Å². The minimum absolute atomic E-state index is 0.000756. The van der Waals surface area contributed by atoms with Crippen LogP contribution >= 0.6 is 0 Å². The summed E-state index contributed by atoms with van der Waals surface area (Å²) in [6, 6.07) is 3.03. The lowest BCUT2D eigenvalue weighted by atomic mass is 10.0. The molecule has 0 unspecified atom stereocenters. The highest BCUT2D eigenvalue weighted by Crippen LogP contribution is 2.34. The number of aromatic hydroxyl groups is 1. The van der Waals surface area contributed by atoms with E-state index in [2.05, 4.69) is 6.58 Å². The molecule has 0 saturated heterocycles. The van der Waals surface area contributed by atoms with Gasteiger partial charge in [0.15, 0.2) is 11.5 Å². The predicted molar refractivity (Wildman–Crippen MR) is 61.4 cm³/mol. The zero-order chi connectivity index (χ0) is 11.4. The van der Waals surface area contributed by atoms with Crippen molar-refractivity contribution in [1.29, 1.82) is 0 Å². The summed E-state index contributed by atoms with van der Waals surface area (Å²) in [5.41, 5.74) is 12.9. The molecule has 0 aromatic heterocycles. The summed E-state index contributed by atoms with van der Waals surface area (Å²) in [7, 11) is 1.47. The standard InChI is InChI=1S/C11H14N2O2/c1-3-7(6-12)8-4-11(15-2)10(14)5-9(8)13/h3-6,14H,1,12-13H2,2H3/b7-6-. The molecular weight excluding hydrogens is 192 g/mol. The van der Waals surface area contributed by atoms with E-state index in [0.29, 0.717) is 22.6 Å². The number of hydrogen-bond acceptors (Lipinski definition) is 4. The monoisotopic (exact) mass is 206 g/mol. The van der Waals surface area contributed by atoms with Gasteiger partial charge in [0.05, 0.1) is 7.11 Å². The number of phenols is 1. The Bertz CT molecular complexity index is 411. The fourth-order valence-electron chi connectivity index (χ4n) is 1.27. The maximum Gasteiger partial charge on any atom is 0.161 e. The number of nitrogens with two attached hydrogens (primary N) is 2. The molecule has 0 aliphatic heterocycles. The van der Waals surface area contributed by atoms with Crippen LogP contribution in [0.1, 0.15) is 5.56 Å². The number of benzene rings is 1. The summed E-state index contributed by atoms with van der Waals surface area (Å²) in [5.74, 6) is 0.347. The van der Waals surface area contributed by atoms with Crippen LogP contribution in [0.5, 0.6) is 11.5 Å². The maximum absolute atomic E-state index is 9.46. The Kier molecular flexibility index (Phi) is 3.23. The van der Waals surface area contributed by atoms with E-state index in [0.717, 1.165) is 0 Å². The lowest BCUT2D eigenvalue weighted by Gasteiger charge is -2.10. The van der Waals surface area contributed by atoms with Crippen molar-refractivity contribution in [1.82, 2.24) is 0 Å². The molecule has 0 amide bonds. The Balaban J connectivity index is 3.36. The molecule has 0 radical (unpaired) electrons. The van der Waals surface area contributed by atoms with E-state index >= 15 is 0 Å². The number of rotatable bonds is 3. The van der Waals surface area contributed by atoms with E-state index in [9.17, 15) is 5.11 Å². The van der Waals surface area contributed by atoms with Crippen molar-refractivity contribution in [3.63, 3.8) is 0 Å². The minimum Gasteiger partial charge on any atom is -0.504 e. The molecule has 0 saturated carbocycles. The number of hydrogen-bond donors (Lipinski definition) is 3. The lowest BCUT2D eigenvalue weighted by Crippen LogP contribution is -1.96. The van der Waals surface area contributed by atoms with Crippen LogP contribution in [0, 0.1) is 0 Å². The van der Waals surface area contributed by atoms with Gasteiger partial charge in [0, 0.05) is 23.5 Å². The average molecular weight is 206 g/mol. The summed E-state index contributed by atoms with van der Waals surface area (Å²) in [6.07, 6.45) is 2.98. The Morgan fingerprint density at radius 2 is 2.20 bits per heavy atom. The summed E-state index contributed by atoms with van der Waals surface area (Å²) in [5, 5.41) is 9.46. The van der Waals surface area contributed by atoms with Crippen LogP contribution < -0.4 is 16.2 Å². The van der Waals surface area contributed by atoms with Crippen molar-refractivity contribution >= 4 is 11.3 Å². The summed E-state index contributed by atoms with van der Waals surface area (Å²) in [6.45, 7) is 3.62. The number of methoxy groups -OCH3 is 1. The molecule has 0 heterocycles. The first kappa shape index (κ1) is 11.0. The first-order valence-electron chi connectivity index (χ1n) is 4.35. The Labute approximate surface area is 88.5 Å². The zero-order valence-corrected chi connectivity index (χ0v) is 8.53. The highest BCUT2D eigenvalue weighted by molar-refractivity contribution is 5.82. The fraction of sp³-hybridized carbons (Fsp3) is 0.0909. The first-order chi connectivity index (χ1) is 7.13. The molecule has 4 heteroatoms. The van der Waals surface area contributed by atoms with Gasteiger partial charge in [-0.3, -0.25) is 0 Å². The van der Waals surface area contributed by atoms with E-state index in [1.165, 1.54) is 19.4 Å². The third kappa shape index (κ3) is 2.04. The number of phenolic OH excluding ortho intramolecular Hbond substituents is 1. The summed E-state index contributed by atoms with van der Waals surface area (Å²) >= 11 is 0. The fourth-order valence-corrected chi connectivity index (χ4v) is 1.27. The molecule has 0 fully saturated rings. The molecule has 0 atom stereocenters. The predicted octanol–water partition coefficient (Wildman–Crippen LogP) is 1.47. The minimum atomic E-state index is -0.000756. The largest absolute Gasteiger partial charge is 0.504 e. The van der Waals surface area contributed by atoms with Gasteiger partial charge in [-0.2, -0.15) is 0 Å². The van der Waals surface area contributed by atoms with Crippen LogP contribution in [0.3, 0.4) is 0 Å². The second-order valence-electron chi connectivity index (χ2n) is 2.94. The molecule has 15 heavy (non-hydrogen) atoms. The number of nitrogen functional groups attached to an aromatic ring is 1. The average Bonchev–Trinajstić information content (AvgIpc) is 2.22. The van der Waals surface area contributed by atoms with Gasteiger partial charge in [0.25, 0.3) is 0 Å². The summed E-state index contributed by atoms with van der Waals surface area (Å²) in [4.78, 5) is 0. The molecule has 4 nitrogen and oxygen atoms in total. The second-order valence-corrected chi connectivity index (χ2v) is 2.94. The van der Waals surface area contributed by atoms with Crippen molar-refractivity contribution in [2.75, 3.05) is 12.8 Å². The van der Waals surface area contributed by atoms with Gasteiger partial charge in [0.1, 0.15) is 0 Å². The van der Waals surface area contributed by atoms with Crippen molar-refractivity contribution in [3.8, 4) is 11.5 Å². The van der Waals surface area contributed by atoms with Crippen LogP contribution in [0.4, 0.5) is 5.69 Å². The first-order valence-corrected chi connectivity index (χ1v) is 4.35. The third-order valence-corrected chi connectivity index (χ3v) is 2.06. The molecule has 1 aromatic carbocycles. The van der Waals surface area contributed by atoms with Gasteiger partial charge in [-0.25, -0.2) is 0 Å².